The van der Waals surface area contributed by atoms with Crippen molar-refractivity contribution in [3.63, 3.8) is 0 Å². The fourth-order valence-electron chi connectivity index (χ4n) is 3.45. The second kappa shape index (κ2) is 9.28. The van der Waals surface area contributed by atoms with E-state index in [9.17, 15) is 9.59 Å². The smallest absolute Gasteiger partial charge is 0.294 e. The monoisotopic (exact) mass is 447 g/mol. The van der Waals surface area contributed by atoms with Crippen molar-refractivity contribution in [3.8, 4) is 5.75 Å². The Morgan fingerprint density at radius 3 is 2.44 bits per heavy atom. The van der Waals surface area contributed by atoms with E-state index in [1.54, 1.807) is 17.0 Å². The molecule has 0 fully saturated rings. The van der Waals surface area contributed by atoms with Crippen LogP contribution in [0.4, 0.5) is 5.69 Å². The first kappa shape index (κ1) is 21.7. The third-order valence-electron chi connectivity index (χ3n) is 5.11. The molecule has 4 rings (SSSR count). The zero-order valence-corrected chi connectivity index (χ0v) is 18.6. The van der Waals surface area contributed by atoms with Gasteiger partial charge in [0.2, 0.25) is 0 Å². The van der Waals surface area contributed by atoms with Crippen molar-refractivity contribution in [2.24, 2.45) is 0 Å². The fraction of sp³-hybridized carbons (Fsp3) is 0.154. The van der Waals surface area contributed by atoms with Crippen molar-refractivity contribution in [2.45, 2.75) is 20.4 Å². The molecule has 6 heteroatoms. The van der Waals surface area contributed by atoms with Crippen molar-refractivity contribution in [1.29, 1.82) is 0 Å². The average molecular weight is 448 g/mol. The van der Waals surface area contributed by atoms with Crippen molar-refractivity contribution in [1.82, 2.24) is 0 Å². The minimum Gasteiger partial charge on any atom is -0.494 e. The van der Waals surface area contributed by atoms with Gasteiger partial charge in [-0.15, -0.1) is 0 Å². The lowest BCUT2D eigenvalue weighted by molar-refractivity contribution is 0.0959. The van der Waals surface area contributed by atoms with Crippen LogP contribution in [0.5, 0.6) is 5.75 Å². The molecule has 1 aromatic heterocycles. The molecule has 0 aliphatic heterocycles. The Kier molecular flexibility index (Phi) is 6.28. The number of benzene rings is 3. The summed E-state index contributed by atoms with van der Waals surface area (Å²) in [4.78, 5) is 27.8. The summed E-state index contributed by atoms with van der Waals surface area (Å²) in [5, 5.41) is 0.816. The van der Waals surface area contributed by atoms with Gasteiger partial charge in [-0.2, -0.15) is 0 Å². The molecule has 0 radical (unpaired) electrons. The highest BCUT2D eigenvalue weighted by atomic mass is 35.5. The number of carbonyl (C=O) groups excluding carboxylic acids is 1. The standard InChI is InChI=1S/C26H22ClNO4/c1-3-31-20-11-9-19(10-12-20)28(16-18-7-5-4-6-8-18)26(30)25-15-23(29)21-14-22(27)17(2)13-24(21)32-25/h4-15H,3,16H2,1-2H3. The molecule has 0 atom stereocenters. The van der Waals surface area contributed by atoms with Gasteiger partial charge in [0.05, 0.1) is 18.5 Å². The molecule has 32 heavy (non-hydrogen) atoms. The van der Waals surface area contributed by atoms with Crippen LogP contribution in [0.2, 0.25) is 5.02 Å². The Labute approximate surface area is 190 Å². The van der Waals surface area contributed by atoms with Gasteiger partial charge in [-0.25, -0.2) is 0 Å². The molecule has 1 amide bonds. The van der Waals surface area contributed by atoms with Crippen molar-refractivity contribution in [2.75, 3.05) is 11.5 Å². The highest BCUT2D eigenvalue weighted by Gasteiger charge is 2.22. The largest absolute Gasteiger partial charge is 0.494 e. The SMILES string of the molecule is CCOc1ccc(N(Cc2ccccc2)C(=O)c2cc(=O)c3cc(Cl)c(C)cc3o2)cc1. The lowest BCUT2D eigenvalue weighted by Crippen LogP contribution is -2.31. The van der Waals surface area contributed by atoms with Crippen LogP contribution in [0, 0.1) is 6.92 Å². The zero-order chi connectivity index (χ0) is 22.7. The van der Waals surface area contributed by atoms with Crippen LogP contribution in [0.3, 0.4) is 0 Å². The van der Waals surface area contributed by atoms with Crippen LogP contribution in [-0.2, 0) is 6.54 Å². The minimum atomic E-state index is -0.412. The fourth-order valence-corrected chi connectivity index (χ4v) is 3.61. The first-order valence-corrected chi connectivity index (χ1v) is 10.7. The molecule has 0 spiro atoms. The van der Waals surface area contributed by atoms with Gasteiger partial charge in [0.15, 0.2) is 11.2 Å². The van der Waals surface area contributed by atoms with Gasteiger partial charge in [-0.3, -0.25) is 9.59 Å². The summed E-state index contributed by atoms with van der Waals surface area (Å²) < 4.78 is 11.4. The number of aryl methyl sites for hydroxylation is 1. The quantitative estimate of drug-likeness (QED) is 0.363. The molecular formula is C26H22ClNO4. The summed E-state index contributed by atoms with van der Waals surface area (Å²) in [6, 6.07) is 21.4. The van der Waals surface area contributed by atoms with E-state index >= 15 is 0 Å². The van der Waals surface area contributed by atoms with Gasteiger partial charge in [0.1, 0.15) is 11.3 Å². The summed E-state index contributed by atoms with van der Waals surface area (Å²) in [5.41, 5.74) is 2.38. The Morgan fingerprint density at radius 2 is 1.75 bits per heavy atom. The maximum absolute atomic E-state index is 13.5. The van der Waals surface area contributed by atoms with E-state index in [2.05, 4.69) is 0 Å². The van der Waals surface area contributed by atoms with Crippen LogP contribution < -0.4 is 15.1 Å². The minimum absolute atomic E-state index is 0.0333. The third kappa shape index (κ3) is 4.53. The van der Waals surface area contributed by atoms with E-state index in [1.165, 1.54) is 6.07 Å². The van der Waals surface area contributed by atoms with Crippen LogP contribution in [-0.4, -0.2) is 12.5 Å². The second-order valence-electron chi connectivity index (χ2n) is 7.38. The molecule has 1 heterocycles. The molecule has 0 bridgehead atoms. The second-order valence-corrected chi connectivity index (χ2v) is 7.78. The number of amides is 1. The Bertz CT molecular complexity index is 1310. The number of hydrogen-bond donors (Lipinski definition) is 0. The van der Waals surface area contributed by atoms with Gasteiger partial charge in [0, 0.05) is 16.8 Å². The average Bonchev–Trinajstić information content (AvgIpc) is 2.80. The number of fused-ring (bicyclic) bond motifs is 1. The van der Waals surface area contributed by atoms with Crippen molar-refractivity contribution >= 4 is 34.2 Å². The van der Waals surface area contributed by atoms with Gasteiger partial charge < -0.3 is 14.1 Å². The van der Waals surface area contributed by atoms with E-state index in [0.29, 0.717) is 40.6 Å². The van der Waals surface area contributed by atoms with Crippen molar-refractivity contribution < 1.29 is 13.9 Å². The normalized spacial score (nSPS) is 10.8. The molecule has 0 N–H and O–H groups in total. The molecular weight excluding hydrogens is 426 g/mol. The predicted molar refractivity (Wildman–Crippen MR) is 127 cm³/mol. The van der Waals surface area contributed by atoms with Crippen molar-refractivity contribution in [3.05, 3.63) is 105 Å². The molecule has 0 unspecified atom stereocenters. The lowest BCUT2D eigenvalue weighted by atomic mass is 10.1. The first-order valence-electron chi connectivity index (χ1n) is 10.3. The summed E-state index contributed by atoms with van der Waals surface area (Å²) >= 11 is 6.15. The van der Waals surface area contributed by atoms with Gasteiger partial charge in [-0.1, -0.05) is 41.9 Å². The molecule has 0 aliphatic rings. The molecule has 3 aromatic carbocycles. The topological polar surface area (TPSA) is 59.8 Å². The van der Waals surface area contributed by atoms with Crippen LogP contribution in [0.25, 0.3) is 11.0 Å². The Morgan fingerprint density at radius 1 is 1.03 bits per heavy atom. The van der Waals surface area contributed by atoms with Crippen LogP contribution in [0.1, 0.15) is 28.6 Å². The summed E-state index contributed by atoms with van der Waals surface area (Å²) in [6.07, 6.45) is 0. The van der Waals surface area contributed by atoms with E-state index in [4.69, 9.17) is 20.8 Å². The molecule has 4 aromatic rings. The van der Waals surface area contributed by atoms with E-state index in [1.807, 2.05) is 68.4 Å². The van der Waals surface area contributed by atoms with E-state index in [-0.39, 0.29) is 11.2 Å². The van der Waals surface area contributed by atoms with Crippen LogP contribution >= 0.6 is 11.6 Å². The number of ether oxygens (including phenoxy) is 1. The molecule has 0 aliphatic carbocycles. The third-order valence-corrected chi connectivity index (χ3v) is 5.51. The number of nitrogens with zero attached hydrogens (tertiary/aromatic N) is 1. The highest BCUT2D eigenvalue weighted by molar-refractivity contribution is 6.32. The van der Waals surface area contributed by atoms with Gasteiger partial charge in [0.25, 0.3) is 5.91 Å². The molecule has 162 valence electrons. The highest BCUT2D eigenvalue weighted by Crippen LogP contribution is 2.26. The number of anilines is 1. The number of halogens is 1. The molecule has 0 saturated carbocycles. The maximum Gasteiger partial charge on any atom is 0.294 e. The number of hydrogen-bond acceptors (Lipinski definition) is 4. The predicted octanol–water partition coefficient (Wildman–Crippen LogP) is 6.00. The summed E-state index contributed by atoms with van der Waals surface area (Å²) in [5.74, 6) is 0.270. The lowest BCUT2D eigenvalue weighted by Gasteiger charge is -2.23. The number of carbonyl (C=O) groups is 1. The zero-order valence-electron chi connectivity index (χ0n) is 17.8. The molecule has 0 saturated heterocycles. The van der Waals surface area contributed by atoms with Gasteiger partial charge >= 0.3 is 0 Å². The maximum atomic E-state index is 13.5. The van der Waals surface area contributed by atoms with Crippen LogP contribution in [0.15, 0.2) is 82.0 Å². The Hall–Kier alpha value is -3.57. The Balaban J connectivity index is 1.77. The number of rotatable bonds is 6. The van der Waals surface area contributed by atoms with E-state index in [0.717, 1.165) is 11.1 Å². The first-order chi connectivity index (χ1) is 15.5. The summed E-state index contributed by atoms with van der Waals surface area (Å²) in [7, 11) is 0. The summed E-state index contributed by atoms with van der Waals surface area (Å²) in [6.45, 7) is 4.60. The van der Waals surface area contributed by atoms with E-state index < -0.39 is 5.91 Å². The van der Waals surface area contributed by atoms with Gasteiger partial charge in [-0.05, 0) is 61.4 Å². The molecule has 5 nitrogen and oxygen atoms in total.